The molecule has 3 heterocycles. The van der Waals surface area contributed by atoms with Crippen LogP contribution < -0.4 is 10.2 Å². The second-order valence-corrected chi connectivity index (χ2v) is 14.4. The van der Waals surface area contributed by atoms with Gasteiger partial charge in [-0.05, 0) is 73.4 Å². The van der Waals surface area contributed by atoms with Crippen LogP contribution in [0.25, 0.3) is 10.4 Å². The number of halogens is 4. The van der Waals surface area contributed by atoms with Crippen molar-refractivity contribution in [1.29, 1.82) is 0 Å². The van der Waals surface area contributed by atoms with E-state index in [1.165, 1.54) is 29.1 Å². The SMILES string of the molecule is CC(=O)OCCN(C(C)=O)c1ccc(-c2ccc(S(=O)(=O)N3CCC4(CC3)N=C(c3ccc(F)c(C(F)(F)F)c3)NC4=O)s2)c(C)c1. The summed E-state index contributed by atoms with van der Waals surface area (Å²) in [6.45, 7) is 4.61. The van der Waals surface area contributed by atoms with E-state index in [1.54, 1.807) is 24.3 Å². The number of thiophene rings is 1. The Morgan fingerprint density at radius 2 is 1.79 bits per heavy atom. The predicted octanol–water partition coefficient (Wildman–Crippen LogP) is 4.90. The predicted molar refractivity (Wildman–Crippen MR) is 166 cm³/mol. The molecule has 1 saturated heterocycles. The van der Waals surface area contributed by atoms with Crippen molar-refractivity contribution < 1.29 is 45.1 Å². The van der Waals surface area contributed by atoms with E-state index in [2.05, 4.69) is 10.3 Å². The maximum absolute atomic E-state index is 13.8. The van der Waals surface area contributed by atoms with E-state index in [0.29, 0.717) is 22.7 Å². The number of aliphatic imine (C=N–C) groups is 1. The lowest BCUT2D eigenvalue weighted by molar-refractivity contribution is -0.141. The molecule has 250 valence electrons. The number of ether oxygens (including phenoxy) is 1. The van der Waals surface area contributed by atoms with Crippen LogP contribution in [0.1, 0.15) is 43.4 Å². The quantitative estimate of drug-likeness (QED) is 0.264. The van der Waals surface area contributed by atoms with Crippen molar-refractivity contribution in [2.75, 3.05) is 31.1 Å². The van der Waals surface area contributed by atoms with E-state index in [0.717, 1.165) is 28.5 Å². The minimum absolute atomic E-state index is 0.00219. The van der Waals surface area contributed by atoms with Crippen molar-refractivity contribution >= 4 is 50.7 Å². The molecule has 2 aliphatic heterocycles. The number of hydrogen-bond donors (Lipinski definition) is 1. The highest BCUT2D eigenvalue weighted by atomic mass is 32.2. The molecule has 1 aromatic heterocycles. The lowest BCUT2D eigenvalue weighted by atomic mass is 9.89. The maximum atomic E-state index is 13.8. The van der Waals surface area contributed by atoms with Crippen LogP contribution in [-0.2, 0) is 35.3 Å². The van der Waals surface area contributed by atoms with Crippen molar-refractivity contribution in [3.63, 3.8) is 0 Å². The smallest absolute Gasteiger partial charge is 0.419 e. The number of sulfonamides is 1. The molecule has 0 unspecified atom stereocenters. The minimum atomic E-state index is -4.94. The summed E-state index contributed by atoms with van der Waals surface area (Å²) in [5.41, 5.74) is -0.801. The third-order valence-corrected chi connectivity index (χ3v) is 11.5. The van der Waals surface area contributed by atoms with Gasteiger partial charge < -0.3 is 15.0 Å². The molecule has 0 bridgehead atoms. The molecule has 0 saturated carbocycles. The summed E-state index contributed by atoms with van der Waals surface area (Å²) in [5.74, 6) is -2.82. The molecule has 0 atom stereocenters. The van der Waals surface area contributed by atoms with Crippen LogP contribution in [-0.4, -0.2) is 68.1 Å². The second-order valence-electron chi connectivity index (χ2n) is 11.2. The third kappa shape index (κ3) is 6.94. The average Bonchev–Trinajstić information content (AvgIpc) is 3.61. The Hall–Kier alpha value is -4.15. The number of anilines is 1. The van der Waals surface area contributed by atoms with Gasteiger partial charge in [0.25, 0.3) is 15.9 Å². The molecule has 0 radical (unpaired) electrons. The number of benzene rings is 2. The van der Waals surface area contributed by atoms with Crippen molar-refractivity contribution in [2.45, 2.75) is 49.5 Å². The molecule has 2 aromatic carbocycles. The minimum Gasteiger partial charge on any atom is -0.464 e. The monoisotopic (exact) mass is 694 g/mol. The first-order chi connectivity index (χ1) is 22.0. The zero-order valence-electron chi connectivity index (χ0n) is 25.5. The van der Waals surface area contributed by atoms with Gasteiger partial charge in [-0.1, -0.05) is 6.07 Å². The molecule has 0 aliphatic carbocycles. The third-order valence-electron chi connectivity index (χ3n) is 8.04. The Morgan fingerprint density at radius 3 is 2.40 bits per heavy atom. The highest BCUT2D eigenvalue weighted by Gasteiger charge is 2.48. The molecule has 1 fully saturated rings. The first-order valence-electron chi connectivity index (χ1n) is 14.4. The first-order valence-corrected chi connectivity index (χ1v) is 16.7. The average molecular weight is 695 g/mol. The van der Waals surface area contributed by atoms with E-state index in [9.17, 15) is 40.4 Å². The number of amides is 2. The summed E-state index contributed by atoms with van der Waals surface area (Å²) >= 11 is 1.07. The number of esters is 1. The van der Waals surface area contributed by atoms with Gasteiger partial charge in [0.1, 0.15) is 28.0 Å². The molecular formula is C31H30F4N4O6S2. The van der Waals surface area contributed by atoms with Crippen LogP contribution in [0.3, 0.4) is 0 Å². The fourth-order valence-electron chi connectivity index (χ4n) is 5.55. The normalized spacial score (nSPS) is 16.6. The summed E-state index contributed by atoms with van der Waals surface area (Å²) in [7, 11) is -3.96. The zero-order valence-corrected chi connectivity index (χ0v) is 27.1. The first kappa shape index (κ1) is 34.2. The molecule has 2 amide bonds. The summed E-state index contributed by atoms with van der Waals surface area (Å²) in [4.78, 5) is 42.8. The van der Waals surface area contributed by atoms with Gasteiger partial charge in [-0.15, -0.1) is 11.3 Å². The van der Waals surface area contributed by atoms with Crippen molar-refractivity contribution in [3.8, 4) is 10.4 Å². The van der Waals surface area contributed by atoms with Gasteiger partial charge in [0.2, 0.25) is 5.91 Å². The van der Waals surface area contributed by atoms with Gasteiger partial charge in [-0.2, -0.15) is 17.5 Å². The molecule has 10 nitrogen and oxygen atoms in total. The van der Waals surface area contributed by atoms with Gasteiger partial charge in [-0.3, -0.25) is 19.4 Å². The van der Waals surface area contributed by atoms with Gasteiger partial charge in [0.15, 0.2) is 0 Å². The van der Waals surface area contributed by atoms with Crippen LogP contribution >= 0.6 is 11.3 Å². The van der Waals surface area contributed by atoms with E-state index in [-0.39, 0.29) is 60.6 Å². The molecule has 16 heteroatoms. The van der Waals surface area contributed by atoms with Gasteiger partial charge in [0, 0.05) is 43.1 Å². The number of amidine groups is 1. The van der Waals surface area contributed by atoms with Crippen LogP contribution in [0, 0.1) is 12.7 Å². The molecule has 2 aliphatic rings. The largest absolute Gasteiger partial charge is 0.464 e. The topological polar surface area (TPSA) is 125 Å². The number of nitrogens with one attached hydrogen (secondary N) is 1. The molecular weight excluding hydrogens is 664 g/mol. The number of aryl methyl sites for hydroxylation is 1. The van der Waals surface area contributed by atoms with Crippen molar-refractivity contribution in [2.24, 2.45) is 4.99 Å². The number of nitrogens with zero attached hydrogens (tertiary/aromatic N) is 3. The van der Waals surface area contributed by atoms with Crippen LogP contribution in [0.5, 0.6) is 0 Å². The van der Waals surface area contributed by atoms with Crippen LogP contribution in [0.2, 0.25) is 0 Å². The maximum Gasteiger partial charge on any atom is 0.419 e. The van der Waals surface area contributed by atoms with Crippen LogP contribution in [0.4, 0.5) is 23.2 Å². The standard InChI is InChI=1S/C31H30F4N4O6S2/c1-18-16-22(39(19(2)40)14-15-45-20(3)41)5-6-23(18)26-8-9-27(46-26)47(43,44)38-12-10-30(11-13-38)29(42)36-28(37-30)21-4-7-25(32)24(17-21)31(33,34)35/h4-9,16-17H,10-15H2,1-3H3,(H,36,37,42). The Kier molecular flexibility index (Phi) is 9.32. The summed E-state index contributed by atoms with van der Waals surface area (Å²) in [6, 6.07) is 10.8. The number of carbonyl (C=O) groups is 3. The molecule has 47 heavy (non-hydrogen) atoms. The van der Waals surface area contributed by atoms with Crippen molar-refractivity contribution in [1.82, 2.24) is 9.62 Å². The second kappa shape index (κ2) is 12.8. The Labute approximate surface area is 272 Å². The highest BCUT2D eigenvalue weighted by Crippen LogP contribution is 2.39. The lowest BCUT2D eigenvalue weighted by Gasteiger charge is -2.34. The fraction of sp³-hybridized carbons (Fsp3) is 0.355. The number of alkyl halides is 3. The summed E-state index contributed by atoms with van der Waals surface area (Å²) < 4.78 is 87.0. The van der Waals surface area contributed by atoms with Gasteiger partial charge in [0.05, 0.1) is 12.1 Å². The summed E-state index contributed by atoms with van der Waals surface area (Å²) in [5, 5.41) is 2.49. The zero-order chi connectivity index (χ0) is 34.3. The number of hydrogen-bond acceptors (Lipinski definition) is 8. The van der Waals surface area contributed by atoms with E-state index in [1.807, 2.05) is 6.92 Å². The van der Waals surface area contributed by atoms with Gasteiger partial charge >= 0.3 is 12.1 Å². The Morgan fingerprint density at radius 1 is 1.09 bits per heavy atom. The Bertz CT molecular complexity index is 1880. The number of piperidine rings is 1. The summed E-state index contributed by atoms with van der Waals surface area (Å²) in [6.07, 6.45) is -4.94. The molecule has 1 N–H and O–H groups in total. The molecule has 1 spiro atoms. The lowest BCUT2D eigenvalue weighted by Crippen LogP contribution is -2.50. The number of rotatable bonds is 8. The van der Waals surface area contributed by atoms with E-state index >= 15 is 0 Å². The molecule has 5 rings (SSSR count). The number of carbonyl (C=O) groups excluding carboxylic acids is 3. The fourth-order valence-corrected chi connectivity index (χ4v) is 8.54. The van der Waals surface area contributed by atoms with E-state index in [4.69, 9.17) is 4.74 Å². The molecule has 3 aromatic rings. The van der Waals surface area contributed by atoms with Crippen LogP contribution in [0.15, 0.2) is 57.7 Å². The van der Waals surface area contributed by atoms with Crippen molar-refractivity contribution in [3.05, 3.63) is 71.0 Å². The van der Waals surface area contributed by atoms with E-state index < -0.39 is 45.0 Å². The van der Waals surface area contributed by atoms with Gasteiger partial charge in [-0.25, -0.2) is 12.8 Å². The Balaban J connectivity index is 1.30. The highest BCUT2D eigenvalue weighted by molar-refractivity contribution is 7.91.